The molecule has 0 aromatic heterocycles. The second kappa shape index (κ2) is 5.77. The van der Waals surface area contributed by atoms with Gasteiger partial charge in [0.2, 0.25) is 0 Å². The van der Waals surface area contributed by atoms with Crippen molar-refractivity contribution in [3.8, 4) is 0 Å². The topological polar surface area (TPSA) is 12.0 Å². The maximum atomic E-state index is 3.76. The average molecular weight is 241 g/mol. The van der Waals surface area contributed by atoms with E-state index in [2.05, 4.69) is 18.5 Å². The Balaban J connectivity index is 1.69. The molecule has 0 amide bonds. The van der Waals surface area contributed by atoms with Gasteiger partial charge in [-0.2, -0.15) is 11.8 Å². The molecule has 0 bridgehead atoms. The smallest absolute Gasteiger partial charge is 0.0141 e. The Morgan fingerprint density at radius 2 is 1.81 bits per heavy atom. The summed E-state index contributed by atoms with van der Waals surface area (Å²) < 4.78 is 0. The molecule has 0 aromatic rings. The molecule has 0 heterocycles. The standard InChI is InChI=1S/C14H27NS/c1-12(16-2)11-15-13-5-9-14(10-6-13)7-3-4-8-14/h12-13,15H,3-11H2,1-2H3. The van der Waals surface area contributed by atoms with Crippen LogP contribution in [0.4, 0.5) is 0 Å². The highest BCUT2D eigenvalue weighted by Crippen LogP contribution is 2.48. The first-order valence-electron chi connectivity index (χ1n) is 7.00. The van der Waals surface area contributed by atoms with Crippen molar-refractivity contribution in [2.75, 3.05) is 12.8 Å². The Morgan fingerprint density at radius 1 is 1.19 bits per heavy atom. The molecule has 0 aliphatic heterocycles. The van der Waals surface area contributed by atoms with Crippen LogP contribution in [0.2, 0.25) is 0 Å². The van der Waals surface area contributed by atoms with E-state index in [-0.39, 0.29) is 0 Å². The normalized spacial score (nSPS) is 27.4. The van der Waals surface area contributed by atoms with E-state index < -0.39 is 0 Å². The van der Waals surface area contributed by atoms with Gasteiger partial charge in [0.15, 0.2) is 0 Å². The molecule has 1 atom stereocenters. The Morgan fingerprint density at radius 3 is 2.38 bits per heavy atom. The molecule has 2 heteroatoms. The number of nitrogens with one attached hydrogen (secondary N) is 1. The first kappa shape index (κ1) is 12.8. The van der Waals surface area contributed by atoms with Gasteiger partial charge in [0, 0.05) is 17.8 Å². The van der Waals surface area contributed by atoms with E-state index in [1.165, 1.54) is 57.9 Å². The van der Waals surface area contributed by atoms with Gasteiger partial charge < -0.3 is 5.32 Å². The summed E-state index contributed by atoms with van der Waals surface area (Å²) in [5.41, 5.74) is 0.795. The quantitative estimate of drug-likeness (QED) is 0.803. The maximum Gasteiger partial charge on any atom is 0.0141 e. The third-order valence-electron chi connectivity index (χ3n) is 4.81. The van der Waals surface area contributed by atoms with Crippen LogP contribution in [0.5, 0.6) is 0 Å². The van der Waals surface area contributed by atoms with Crippen molar-refractivity contribution < 1.29 is 0 Å². The predicted octanol–water partition coefficient (Wildman–Crippen LogP) is 3.83. The molecular weight excluding hydrogens is 214 g/mol. The summed E-state index contributed by atoms with van der Waals surface area (Å²) in [5.74, 6) is 0. The van der Waals surface area contributed by atoms with E-state index >= 15 is 0 Å². The molecule has 16 heavy (non-hydrogen) atoms. The van der Waals surface area contributed by atoms with Crippen LogP contribution in [0.25, 0.3) is 0 Å². The molecular formula is C14H27NS. The van der Waals surface area contributed by atoms with Crippen LogP contribution in [0.15, 0.2) is 0 Å². The van der Waals surface area contributed by atoms with Gasteiger partial charge in [-0.1, -0.05) is 19.8 Å². The molecule has 2 fully saturated rings. The first-order valence-corrected chi connectivity index (χ1v) is 8.29. The van der Waals surface area contributed by atoms with Gasteiger partial charge in [-0.25, -0.2) is 0 Å². The Hall–Kier alpha value is 0.310. The van der Waals surface area contributed by atoms with Crippen LogP contribution in [0, 0.1) is 5.41 Å². The van der Waals surface area contributed by atoms with Crippen LogP contribution < -0.4 is 5.32 Å². The van der Waals surface area contributed by atoms with E-state index in [4.69, 9.17) is 0 Å². The van der Waals surface area contributed by atoms with Gasteiger partial charge in [0.25, 0.3) is 0 Å². The van der Waals surface area contributed by atoms with E-state index in [0.29, 0.717) is 0 Å². The number of hydrogen-bond donors (Lipinski definition) is 1. The minimum atomic E-state index is 0.766. The van der Waals surface area contributed by atoms with Gasteiger partial charge in [-0.15, -0.1) is 0 Å². The van der Waals surface area contributed by atoms with Crippen LogP contribution in [0.1, 0.15) is 58.3 Å². The summed E-state index contributed by atoms with van der Waals surface area (Å²) >= 11 is 1.97. The summed E-state index contributed by atoms with van der Waals surface area (Å²) in [6.07, 6.45) is 14.1. The average Bonchev–Trinajstić information content (AvgIpc) is 2.77. The summed E-state index contributed by atoms with van der Waals surface area (Å²) in [6, 6.07) is 0.820. The van der Waals surface area contributed by atoms with E-state index in [0.717, 1.165) is 16.7 Å². The van der Waals surface area contributed by atoms with E-state index in [9.17, 15) is 0 Å². The lowest BCUT2D eigenvalue weighted by molar-refractivity contribution is 0.169. The highest BCUT2D eigenvalue weighted by atomic mass is 32.2. The van der Waals surface area contributed by atoms with Crippen LogP contribution >= 0.6 is 11.8 Å². The molecule has 2 aliphatic rings. The van der Waals surface area contributed by atoms with Crippen molar-refractivity contribution in [2.45, 2.75) is 69.6 Å². The Bertz CT molecular complexity index is 201. The van der Waals surface area contributed by atoms with Gasteiger partial charge in [-0.05, 0) is 50.2 Å². The minimum Gasteiger partial charge on any atom is -0.313 e. The summed E-state index contributed by atoms with van der Waals surface area (Å²) in [5, 5.41) is 4.52. The first-order chi connectivity index (χ1) is 7.74. The van der Waals surface area contributed by atoms with Crippen molar-refractivity contribution in [1.82, 2.24) is 5.32 Å². The van der Waals surface area contributed by atoms with Crippen molar-refractivity contribution in [3.05, 3.63) is 0 Å². The van der Waals surface area contributed by atoms with Crippen molar-refractivity contribution in [2.24, 2.45) is 5.41 Å². The molecule has 0 aromatic carbocycles. The predicted molar refractivity (Wildman–Crippen MR) is 74.1 cm³/mol. The van der Waals surface area contributed by atoms with Crippen molar-refractivity contribution >= 4 is 11.8 Å². The number of rotatable bonds is 4. The zero-order valence-electron chi connectivity index (χ0n) is 10.9. The SMILES string of the molecule is CSC(C)CNC1CCC2(CCCC2)CC1. The molecule has 1 spiro atoms. The van der Waals surface area contributed by atoms with E-state index in [1.54, 1.807) is 0 Å². The maximum absolute atomic E-state index is 3.76. The molecule has 1 N–H and O–H groups in total. The van der Waals surface area contributed by atoms with Crippen LogP contribution in [0.3, 0.4) is 0 Å². The number of thioether (sulfide) groups is 1. The van der Waals surface area contributed by atoms with Gasteiger partial charge in [0.05, 0.1) is 0 Å². The minimum absolute atomic E-state index is 0.766. The fourth-order valence-electron chi connectivity index (χ4n) is 3.48. The molecule has 2 rings (SSSR count). The van der Waals surface area contributed by atoms with Gasteiger partial charge >= 0.3 is 0 Å². The largest absolute Gasteiger partial charge is 0.313 e. The lowest BCUT2D eigenvalue weighted by atomic mass is 9.71. The second-order valence-corrected chi connectivity index (χ2v) is 7.21. The molecule has 0 radical (unpaired) electrons. The summed E-state index contributed by atoms with van der Waals surface area (Å²) in [6.45, 7) is 3.51. The summed E-state index contributed by atoms with van der Waals surface area (Å²) in [4.78, 5) is 0. The molecule has 2 aliphatic carbocycles. The van der Waals surface area contributed by atoms with E-state index in [1.807, 2.05) is 11.8 Å². The third-order valence-corrected chi connectivity index (χ3v) is 5.78. The third kappa shape index (κ3) is 3.16. The fourth-order valence-corrected chi connectivity index (χ4v) is 3.74. The monoisotopic (exact) mass is 241 g/mol. The zero-order chi connectivity index (χ0) is 11.4. The Labute approximate surface area is 105 Å². The second-order valence-electron chi connectivity index (χ2n) is 5.94. The Kier molecular flexibility index (Phi) is 4.60. The van der Waals surface area contributed by atoms with Gasteiger partial charge in [-0.3, -0.25) is 0 Å². The highest BCUT2D eigenvalue weighted by Gasteiger charge is 2.37. The zero-order valence-corrected chi connectivity index (χ0v) is 11.7. The molecule has 0 saturated heterocycles. The van der Waals surface area contributed by atoms with Crippen molar-refractivity contribution in [1.29, 1.82) is 0 Å². The van der Waals surface area contributed by atoms with Crippen molar-refractivity contribution in [3.63, 3.8) is 0 Å². The molecule has 1 unspecified atom stereocenters. The number of hydrogen-bond acceptors (Lipinski definition) is 2. The van der Waals surface area contributed by atoms with Crippen LogP contribution in [-0.4, -0.2) is 24.1 Å². The van der Waals surface area contributed by atoms with Crippen LogP contribution in [-0.2, 0) is 0 Å². The lowest BCUT2D eigenvalue weighted by Gasteiger charge is -2.37. The molecule has 94 valence electrons. The molecule has 1 nitrogen and oxygen atoms in total. The molecule has 2 saturated carbocycles. The fraction of sp³-hybridized carbons (Fsp3) is 1.00. The van der Waals surface area contributed by atoms with Gasteiger partial charge in [0.1, 0.15) is 0 Å². The lowest BCUT2D eigenvalue weighted by Crippen LogP contribution is -2.39. The summed E-state index contributed by atoms with van der Waals surface area (Å²) in [7, 11) is 0. The highest BCUT2D eigenvalue weighted by molar-refractivity contribution is 7.99.